The van der Waals surface area contributed by atoms with Gasteiger partial charge < -0.3 is 29.0 Å². The van der Waals surface area contributed by atoms with Gasteiger partial charge >= 0.3 is 5.97 Å². The Morgan fingerprint density at radius 3 is 2.61 bits per heavy atom. The lowest BCUT2D eigenvalue weighted by atomic mass is 10.0. The number of carbonyl (C=O) groups excluding carboxylic acids is 2. The van der Waals surface area contributed by atoms with Crippen molar-refractivity contribution < 1.29 is 33.3 Å². The summed E-state index contributed by atoms with van der Waals surface area (Å²) in [5, 5.41) is 14.3. The molecule has 1 amide bonds. The van der Waals surface area contributed by atoms with Crippen LogP contribution in [0.4, 0.5) is 5.00 Å². The van der Waals surface area contributed by atoms with E-state index in [0.29, 0.717) is 39.7 Å². The van der Waals surface area contributed by atoms with Gasteiger partial charge in [-0.25, -0.2) is 4.79 Å². The normalized spacial score (nSPS) is 12.0. The molecule has 0 aliphatic carbocycles. The monoisotopic (exact) mass is 506 g/mol. The summed E-state index contributed by atoms with van der Waals surface area (Å²) in [4.78, 5) is 25.9. The number of nitrogens with zero attached hydrogens (tertiary/aromatic N) is 1. The fourth-order valence-corrected chi connectivity index (χ4v) is 4.51. The van der Waals surface area contributed by atoms with Crippen LogP contribution in [-0.2, 0) is 9.53 Å². The Kier molecular flexibility index (Phi) is 7.42. The Balaban J connectivity index is 1.67. The van der Waals surface area contributed by atoms with Gasteiger partial charge in [0.15, 0.2) is 23.0 Å². The molecular weight excluding hydrogens is 484 g/mol. The molecule has 0 bridgehead atoms. The molecule has 2 aromatic carbocycles. The number of methoxy groups -OCH3 is 2. The molecule has 0 unspecified atom stereocenters. The smallest absolute Gasteiger partial charge is 0.341 e. The lowest BCUT2D eigenvalue weighted by Gasteiger charge is -2.11. The average molecular weight is 507 g/mol. The molecule has 1 aromatic heterocycles. The van der Waals surface area contributed by atoms with Gasteiger partial charge in [0.05, 0.1) is 20.8 Å². The molecule has 3 aromatic rings. The Morgan fingerprint density at radius 2 is 1.89 bits per heavy atom. The summed E-state index contributed by atoms with van der Waals surface area (Å²) in [6, 6.07) is 12.2. The van der Waals surface area contributed by atoms with Crippen LogP contribution >= 0.6 is 11.3 Å². The maximum absolute atomic E-state index is 13.0. The van der Waals surface area contributed by atoms with Gasteiger partial charge in [-0.1, -0.05) is 12.1 Å². The number of rotatable bonds is 8. The SMILES string of the molecule is CCOC(=O)c1c(-c2ccc(OC)c(OC)c2)csc1NC(=O)/C(C#N)=C\c1ccc2c(c1)OCO2. The van der Waals surface area contributed by atoms with E-state index in [-0.39, 0.29) is 29.5 Å². The average Bonchev–Trinajstić information content (AvgIpc) is 3.53. The molecule has 0 saturated carbocycles. The molecule has 4 rings (SSSR count). The number of nitrogens with one attached hydrogen (secondary N) is 1. The second kappa shape index (κ2) is 10.8. The summed E-state index contributed by atoms with van der Waals surface area (Å²) in [5.41, 5.74) is 1.85. The molecule has 1 N–H and O–H groups in total. The highest BCUT2D eigenvalue weighted by Gasteiger charge is 2.24. The van der Waals surface area contributed by atoms with Crippen LogP contribution in [0.25, 0.3) is 17.2 Å². The zero-order chi connectivity index (χ0) is 25.7. The summed E-state index contributed by atoms with van der Waals surface area (Å²) in [5.74, 6) is 0.882. The first-order valence-corrected chi connectivity index (χ1v) is 11.7. The molecule has 0 atom stereocenters. The lowest BCUT2D eigenvalue weighted by Crippen LogP contribution is -2.16. The highest BCUT2D eigenvalue weighted by Crippen LogP contribution is 2.40. The molecule has 10 heteroatoms. The number of fused-ring (bicyclic) bond motifs is 1. The van der Waals surface area contributed by atoms with Gasteiger partial charge in [0, 0.05) is 10.9 Å². The second-order valence-electron chi connectivity index (χ2n) is 7.38. The third-order valence-corrected chi connectivity index (χ3v) is 6.16. The molecule has 9 nitrogen and oxygen atoms in total. The minimum Gasteiger partial charge on any atom is -0.493 e. The van der Waals surface area contributed by atoms with E-state index in [0.717, 1.165) is 11.3 Å². The summed E-state index contributed by atoms with van der Waals surface area (Å²) in [7, 11) is 3.05. The highest BCUT2D eigenvalue weighted by atomic mass is 32.1. The van der Waals surface area contributed by atoms with Crippen molar-refractivity contribution in [3.8, 4) is 40.2 Å². The van der Waals surface area contributed by atoms with Crippen LogP contribution in [0.5, 0.6) is 23.0 Å². The molecule has 0 fully saturated rings. The number of nitriles is 1. The van der Waals surface area contributed by atoms with Crippen molar-refractivity contribution in [1.29, 1.82) is 5.26 Å². The first kappa shape index (κ1) is 24.6. The maximum Gasteiger partial charge on any atom is 0.341 e. The number of esters is 1. The van der Waals surface area contributed by atoms with Crippen molar-refractivity contribution in [3.63, 3.8) is 0 Å². The van der Waals surface area contributed by atoms with E-state index in [1.165, 1.54) is 20.3 Å². The Morgan fingerprint density at radius 1 is 1.11 bits per heavy atom. The third-order valence-electron chi connectivity index (χ3n) is 5.26. The second-order valence-corrected chi connectivity index (χ2v) is 8.26. The number of thiophene rings is 1. The lowest BCUT2D eigenvalue weighted by molar-refractivity contribution is -0.112. The van der Waals surface area contributed by atoms with Crippen LogP contribution in [0, 0.1) is 11.3 Å². The molecule has 1 aliphatic rings. The highest BCUT2D eigenvalue weighted by molar-refractivity contribution is 7.15. The topological polar surface area (TPSA) is 116 Å². The number of ether oxygens (including phenoxy) is 5. The van der Waals surface area contributed by atoms with Crippen LogP contribution in [0.1, 0.15) is 22.8 Å². The van der Waals surface area contributed by atoms with Gasteiger partial charge in [0.1, 0.15) is 22.2 Å². The fraction of sp³-hybridized carbons (Fsp3) is 0.192. The van der Waals surface area contributed by atoms with Crippen molar-refractivity contribution in [2.24, 2.45) is 0 Å². The summed E-state index contributed by atoms with van der Waals surface area (Å²) in [6.07, 6.45) is 1.43. The summed E-state index contributed by atoms with van der Waals surface area (Å²) in [6.45, 7) is 1.97. The van der Waals surface area contributed by atoms with Crippen molar-refractivity contribution in [2.45, 2.75) is 6.92 Å². The zero-order valence-electron chi connectivity index (χ0n) is 19.7. The zero-order valence-corrected chi connectivity index (χ0v) is 20.6. The molecule has 0 spiro atoms. The third kappa shape index (κ3) is 4.96. The number of hydrogen-bond acceptors (Lipinski definition) is 9. The van der Waals surface area contributed by atoms with Gasteiger partial charge in [-0.15, -0.1) is 11.3 Å². The van der Waals surface area contributed by atoms with Crippen LogP contribution in [-0.4, -0.2) is 39.5 Å². The summed E-state index contributed by atoms with van der Waals surface area (Å²) < 4.78 is 26.6. The maximum atomic E-state index is 13.0. The van der Waals surface area contributed by atoms with Crippen LogP contribution < -0.4 is 24.3 Å². The molecular formula is C26H22N2O7S. The number of hydrogen-bond donors (Lipinski definition) is 1. The number of anilines is 1. The van der Waals surface area contributed by atoms with Crippen LogP contribution in [0.3, 0.4) is 0 Å². The van der Waals surface area contributed by atoms with Gasteiger partial charge in [-0.3, -0.25) is 4.79 Å². The van der Waals surface area contributed by atoms with Gasteiger partial charge in [-0.05, 0) is 48.4 Å². The predicted molar refractivity (Wildman–Crippen MR) is 134 cm³/mol. The Labute approximate surface area is 211 Å². The molecule has 184 valence electrons. The molecule has 2 heterocycles. The molecule has 0 radical (unpaired) electrons. The standard InChI is InChI=1S/C26H22N2O7S/c1-4-33-26(30)23-18(16-6-8-19(31-2)21(11-16)32-3)13-36-25(23)28-24(29)17(12-27)9-15-5-7-20-22(10-15)35-14-34-20/h5-11,13H,4,14H2,1-3H3,(H,28,29)/b17-9-. The first-order valence-electron chi connectivity index (χ1n) is 10.8. The van der Waals surface area contributed by atoms with Crippen molar-refractivity contribution in [2.75, 3.05) is 32.9 Å². The van der Waals surface area contributed by atoms with Crippen LogP contribution in [0.15, 0.2) is 47.4 Å². The van der Waals surface area contributed by atoms with E-state index in [2.05, 4.69) is 5.32 Å². The van der Waals surface area contributed by atoms with E-state index in [1.807, 2.05) is 6.07 Å². The largest absolute Gasteiger partial charge is 0.493 e. The molecule has 36 heavy (non-hydrogen) atoms. The van der Waals surface area contributed by atoms with E-state index in [9.17, 15) is 14.9 Å². The van der Waals surface area contributed by atoms with E-state index in [1.54, 1.807) is 48.7 Å². The van der Waals surface area contributed by atoms with Gasteiger partial charge in [0.25, 0.3) is 5.91 Å². The quantitative estimate of drug-likeness (QED) is 0.261. The number of carbonyl (C=O) groups is 2. The Hall–Kier alpha value is -4.49. The first-order chi connectivity index (χ1) is 17.5. The summed E-state index contributed by atoms with van der Waals surface area (Å²) >= 11 is 1.15. The van der Waals surface area contributed by atoms with Gasteiger partial charge in [0.2, 0.25) is 6.79 Å². The minimum atomic E-state index is -0.665. The fourth-order valence-electron chi connectivity index (χ4n) is 3.56. The van der Waals surface area contributed by atoms with Crippen molar-refractivity contribution in [3.05, 3.63) is 58.5 Å². The number of amides is 1. The Bertz CT molecular complexity index is 1390. The molecule has 1 aliphatic heterocycles. The van der Waals surface area contributed by atoms with Crippen molar-refractivity contribution in [1.82, 2.24) is 0 Å². The van der Waals surface area contributed by atoms with Crippen molar-refractivity contribution >= 4 is 34.3 Å². The minimum absolute atomic E-state index is 0.117. The predicted octanol–water partition coefficient (Wildman–Crippen LogP) is 4.88. The van der Waals surface area contributed by atoms with E-state index >= 15 is 0 Å². The number of benzene rings is 2. The van der Waals surface area contributed by atoms with E-state index < -0.39 is 11.9 Å². The van der Waals surface area contributed by atoms with Gasteiger partial charge in [-0.2, -0.15) is 5.26 Å². The molecule has 0 saturated heterocycles. The van der Waals surface area contributed by atoms with Crippen LogP contribution in [0.2, 0.25) is 0 Å². The van der Waals surface area contributed by atoms with E-state index in [4.69, 9.17) is 23.7 Å².